The first kappa shape index (κ1) is 17.7. The Morgan fingerprint density at radius 1 is 1.23 bits per heavy atom. The molecule has 1 amide bonds. The van der Waals surface area contributed by atoms with Crippen LogP contribution in [0.25, 0.3) is 11.3 Å². The number of aryl methyl sites for hydroxylation is 1. The summed E-state index contributed by atoms with van der Waals surface area (Å²) in [6.07, 6.45) is 2.30. The molecule has 0 radical (unpaired) electrons. The summed E-state index contributed by atoms with van der Waals surface area (Å²) in [6, 6.07) is 13.5. The second-order valence-electron chi connectivity index (χ2n) is 5.75. The van der Waals surface area contributed by atoms with Crippen molar-refractivity contribution in [2.24, 2.45) is 0 Å². The number of nitrogens with zero attached hydrogens (tertiary/aromatic N) is 1. The molecule has 3 rings (SSSR count). The van der Waals surface area contributed by atoms with Crippen molar-refractivity contribution in [1.82, 2.24) is 10.3 Å². The van der Waals surface area contributed by atoms with E-state index >= 15 is 0 Å². The molecule has 0 saturated heterocycles. The van der Waals surface area contributed by atoms with Crippen molar-refractivity contribution in [1.29, 1.82) is 0 Å². The van der Waals surface area contributed by atoms with Gasteiger partial charge in [0, 0.05) is 24.9 Å². The summed E-state index contributed by atoms with van der Waals surface area (Å²) in [6.45, 7) is 0.361. The first-order chi connectivity index (χ1) is 12.6. The van der Waals surface area contributed by atoms with Gasteiger partial charge in [0.2, 0.25) is 5.91 Å². The Labute approximate surface area is 150 Å². The Balaban J connectivity index is 1.51. The van der Waals surface area contributed by atoms with Crippen LogP contribution in [0.5, 0.6) is 5.75 Å². The van der Waals surface area contributed by atoms with Gasteiger partial charge in [0.15, 0.2) is 11.7 Å². The monoisotopic (exact) mass is 354 g/mol. The molecule has 26 heavy (non-hydrogen) atoms. The summed E-state index contributed by atoms with van der Waals surface area (Å²) in [5.41, 5.74) is 1.71. The van der Waals surface area contributed by atoms with E-state index < -0.39 is 0 Å². The van der Waals surface area contributed by atoms with Crippen LogP contribution in [-0.4, -0.2) is 18.0 Å². The summed E-state index contributed by atoms with van der Waals surface area (Å²) < 4.78 is 23.8. The first-order valence-corrected chi connectivity index (χ1v) is 8.24. The number of methoxy groups -OCH3 is 1. The molecular formula is C20H19FN2O3. The lowest BCUT2D eigenvalue weighted by Crippen LogP contribution is -2.23. The van der Waals surface area contributed by atoms with E-state index in [2.05, 4.69) is 10.3 Å². The Kier molecular flexibility index (Phi) is 5.63. The molecule has 0 saturated carbocycles. The molecule has 3 aromatic rings. The molecule has 0 bridgehead atoms. The summed E-state index contributed by atoms with van der Waals surface area (Å²) in [4.78, 5) is 16.2. The van der Waals surface area contributed by atoms with E-state index in [1.165, 1.54) is 12.1 Å². The number of oxazole rings is 1. The van der Waals surface area contributed by atoms with Gasteiger partial charge in [0.05, 0.1) is 13.3 Å². The molecule has 0 spiro atoms. The molecule has 5 nitrogen and oxygen atoms in total. The molecule has 0 fully saturated rings. The number of benzene rings is 2. The maximum atomic E-state index is 12.8. The Bertz CT molecular complexity index is 875. The van der Waals surface area contributed by atoms with Crippen molar-refractivity contribution in [2.75, 3.05) is 7.11 Å². The lowest BCUT2D eigenvalue weighted by atomic mass is 10.2. The standard InChI is InChI=1S/C20H19FN2O3/c1-25-17-4-2-3-15(11-17)18-13-23-20(26-18)10-9-19(24)22-12-14-5-7-16(21)8-6-14/h2-8,11,13H,9-10,12H2,1H3,(H,22,24). The van der Waals surface area contributed by atoms with Gasteiger partial charge in [-0.25, -0.2) is 9.37 Å². The van der Waals surface area contributed by atoms with Crippen molar-refractivity contribution < 1.29 is 18.3 Å². The van der Waals surface area contributed by atoms with E-state index in [9.17, 15) is 9.18 Å². The van der Waals surface area contributed by atoms with E-state index in [1.54, 1.807) is 25.4 Å². The molecule has 134 valence electrons. The number of nitrogens with one attached hydrogen (secondary N) is 1. The number of aromatic nitrogens is 1. The topological polar surface area (TPSA) is 64.4 Å². The van der Waals surface area contributed by atoms with Crippen LogP contribution in [0.2, 0.25) is 0 Å². The molecule has 0 aliphatic rings. The predicted octanol–water partition coefficient (Wildman–Crippen LogP) is 3.74. The number of carbonyl (C=O) groups excluding carboxylic acids is 1. The zero-order valence-corrected chi connectivity index (χ0v) is 14.4. The van der Waals surface area contributed by atoms with Crippen molar-refractivity contribution in [3.8, 4) is 17.1 Å². The molecule has 2 aromatic carbocycles. The van der Waals surface area contributed by atoms with Gasteiger partial charge in [0.1, 0.15) is 11.6 Å². The first-order valence-electron chi connectivity index (χ1n) is 8.24. The van der Waals surface area contributed by atoms with Crippen LogP contribution in [0, 0.1) is 5.82 Å². The number of hydrogen-bond donors (Lipinski definition) is 1. The summed E-state index contributed by atoms with van der Waals surface area (Å²) in [5.74, 6) is 1.46. The van der Waals surface area contributed by atoms with Gasteiger partial charge in [-0.1, -0.05) is 24.3 Å². The lowest BCUT2D eigenvalue weighted by Gasteiger charge is -2.04. The average molecular weight is 354 g/mol. The summed E-state index contributed by atoms with van der Waals surface area (Å²) in [7, 11) is 1.61. The van der Waals surface area contributed by atoms with Gasteiger partial charge in [0.25, 0.3) is 0 Å². The quantitative estimate of drug-likeness (QED) is 0.702. The highest BCUT2D eigenvalue weighted by Crippen LogP contribution is 2.24. The van der Waals surface area contributed by atoms with E-state index in [0.717, 1.165) is 16.9 Å². The van der Waals surface area contributed by atoms with Crippen LogP contribution in [0.15, 0.2) is 59.1 Å². The highest BCUT2D eigenvalue weighted by atomic mass is 19.1. The largest absolute Gasteiger partial charge is 0.497 e. The normalized spacial score (nSPS) is 10.5. The molecule has 1 aromatic heterocycles. The minimum atomic E-state index is -0.296. The number of carbonyl (C=O) groups is 1. The third-order valence-corrected chi connectivity index (χ3v) is 3.88. The average Bonchev–Trinajstić information content (AvgIpc) is 3.15. The fraction of sp³-hybridized carbons (Fsp3) is 0.200. The highest BCUT2D eigenvalue weighted by Gasteiger charge is 2.09. The van der Waals surface area contributed by atoms with Crippen molar-refractivity contribution >= 4 is 5.91 Å². The third-order valence-electron chi connectivity index (χ3n) is 3.88. The molecule has 0 aliphatic carbocycles. The molecule has 1 heterocycles. The van der Waals surface area contributed by atoms with E-state index in [1.807, 2.05) is 24.3 Å². The van der Waals surface area contributed by atoms with E-state index in [0.29, 0.717) is 24.6 Å². The lowest BCUT2D eigenvalue weighted by molar-refractivity contribution is -0.121. The fourth-order valence-electron chi connectivity index (χ4n) is 2.45. The van der Waals surface area contributed by atoms with Crippen LogP contribution < -0.4 is 10.1 Å². The SMILES string of the molecule is COc1cccc(-c2cnc(CCC(=O)NCc3ccc(F)cc3)o2)c1. The smallest absolute Gasteiger partial charge is 0.220 e. The summed E-state index contributed by atoms with van der Waals surface area (Å²) >= 11 is 0. The van der Waals surface area contributed by atoms with Gasteiger partial charge in [-0.05, 0) is 29.8 Å². The maximum Gasteiger partial charge on any atom is 0.220 e. The summed E-state index contributed by atoms with van der Waals surface area (Å²) in [5, 5.41) is 2.79. The molecule has 0 atom stereocenters. The second-order valence-corrected chi connectivity index (χ2v) is 5.75. The minimum absolute atomic E-state index is 0.115. The Hall–Kier alpha value is -3.15. The van der Waals surface area contributed by atoms with Gasteiger partial charge >= 0.3 is 0 Å². The fourth-order valence-corrected chi connectivity index (χ4v) is 2.45. The van der Waals surface area contributed by atoms with Gasteiger partial charge in [-0.3, -0.25) is 4.79 Å². The van der Waals surface area contributed by atoms with Crippen LogP contribution in [0.3, 0.4) is 0 Å². The van der Waals surface area contributed by atoms with Crippen molar-refractivity contribution in [3.63, 3.8) is 0 Å². The van der Waals surface area contributed by atoms with Crippen LogP contribution in [0.1, 0.15) is 17.9 Å². The highest BCUT2D eigenvalue weighted by molar-refractivity contribution is 5.76. The number of hydrogen-bond acceptors (Lipinski definition) is 4. The molecule has 6 heteroatoms. The molecule has 0 aliphatic heterocycles. The number of amides is 1. The number of rotatable bonds is 7. The maximum absolute atomic E-state index is 12.8. The molecular weight excluding hydrogens is 335 g/mol. The minimum Gasteiger partial charge on any atom is -0.497 e. The van der Waals surface area contributed by atoms with Crippen LogP contribution in [-0.2, 0) is 17.8 Å². The van der Waals surface area contributed by atoms with E-state index in [-0.39, 0.29) is 18.1 Å². The number of ether oxygens (including phenoxy) is 1. The van der Waals surface area contributed by atoms with Gasteiger partial charge in [-0.2, -0.15) is 0 Å². The van der Waals surface area contributed by atoms with Crippen LogP contribution in [0.4, 0.5) is 4.39 Å². The zero-order valence-electron chi connectivity index (χ0n) is 14.4. The molecule has 1 N–H and O–H groups in total. The van der Waals surface area contributed by atoms with Crippen molar-refractivity contribution in [2.45, 2.75) is 19.4 Å². The number of halogens is 1. The van der Waals surface area contributed by atoms with Gasteiger partial charge < -0.3 is 14.5 Å². The Morgan fingerprint density at radius 2 is 2.04 bits per heavy atom. The van der Waals surface area contributed by atoms with Gasteiger partial charge in [-0.15, -0.1) is 0 Å². The molecule has 0 unspecified atom stereocenters. The zero-order chi connectivity index (χ0) is 18.4. The third kappa shape index (κ3) is 4.69. The van der Waals surface area contributed by atoms with Crippen LogP contribution >= 0.6 is 0 Å². The van der Waals surface area contributed by atoms with Crippen molar-refractivity contribution in [3.05, 3.63) is 72.0 Å². The second kappa shape index (κ2) is 8.29. The van der Waals surface area contributed by atoms with E-state index in [4.69, 9.17) is 9.15 Å². The predicted molar refractivity (Wildman–Crippen MR) is 95.1 cm³/mol. The Morgan fingerprint density at radius 3 is 2.81 bits per heavy atom.